The molecule has 0 spiro atoms. The van der Waals surface area contributed by atoms with Crippen molar-refractivity contribution in [3.05, 3.63) is 0 Å². The van der Waals surface area contributed by atoms with Gasteiger partial charge in [0.15, 0.2) is 0 Å². The van der Waals surface area contributed by atoms with E-state index in [0.717, 1.165) is 0 Å². The van der Waals surface area contributed by atoms with E-state index >= 15 is 0 Å². The maximum Gasteiger partial charge on any atom is 0.0970 e. The van der Waals surface area contributed by atoms with Crippen molar-refractivity contribution in [2.75, 3.05) is 7.05 Å². The molecule has 1 unspecified atom stereocenters. The molecule has 2 rings (SSSR count). The Hall–Kier alpha value is -0.160. The van der Waals surface area contributed by atoms with E-state index in [1.165, 1.54) is 0 Å². The van der Waals surface area contributed by atoms with E-state index in [9.17, 15) is 15.3 Å². The topological polar surface area (TPSA) is 63.9 Å². The van der Waals surface area contributed by atoms with E-state index < -0.39 is 12.2 Å². The van der Waals surface area contributed by atoms with Crippen molar-refractivity contribution in [2.45, 2.75) is 43.2 Å². The van der Waals surface area contributed by atoms with Gasteiger partial charge in [-0.2, -0.15) is 0 Å². The van der Waals surface area contributed by atoms with Gasteiger partial charge in [0.05, 0.1) is 18.3 Å². The molecule has 12 heavy (non-hydrogen) atoms. The first-order chi connectivity index (χ1) is 5.61. The van der Waals surface area contributed by atoms with Crippen molar-refractivity contribution in [1.29, 1.82) is 0 Å². The van der Waals surface area contributed by atoms with E-state index in [1.807, 2.05) is 11.9 Å². The van der Waals surface area contributed by atoms with Crippen LogP contribution in [0.2, 0.25) is 0 Å². The van der Waals surface area contributed by atoms with E-state index in [4.69, 9.17) is 0 Å². The molecule has 2 heterocycles. The van der Waals surface area contributed by atoms with Crippen molar-refractivity contribution in [1.82, 2.24) is 4.90 Å². The summed E-state index contributed by atoms with van der Waals surface area (Å²) in [6.07, 6.45) is -0.575. The van der Waals surface area contributed by atoms with Crippen LogP contribution in [-0.2, 0) is 0 Å². The summed E-state index contributed by atoms with van der Waals surface area (Å²) in [5.41, 5.74) is 0. The van der Waals surface area contributed by atoms with Gasteiger partial charge in [-0.25, -0.2) is 0 Å². The minimum Gasteiger partial charge on any atom is -0.393 e. The minimum atomic E-state index is -0.683. The zero-order valence-electron chi connectivity index (χ0n) is 7.09. The molecule has 2 fully saturated rings. The third-order valence-electron chi connectivity index (χ3n) is 3.21. The average molecular weight is 173 g/mol. The lowest BCUT2D eigenvalue weighted by Gasteiger charge is -2.33. The molecule has 0 aliphatic carbocycles. The van der Waals surface area contributed by atoms with Gasteiger partial charge >= 0.3 is 0 Å². The summed E-state index contributed by atoms with van der Waals surface area (Å²) < 4.78 is 0. The van der Waals surface area contributed by atoms with Gasteiger partial charge in [0.1, 0.15) is 0 Å². The standard InChI is InChI=1S/C8H15NO3/c1-9-5-2-4(10)3-6(9)8(12)7(5)11/h4-8,10-12H,2-3H2,1H3/t4?,5-,6+,7-,8-/m0/s1. The van der Waals surface area contributed by atoms with Gasteiger partial charge in [0.2, 0.25) is 0 Å². The Balaban J connectivity index is 2.21. The first-order valence-corrected chi connectivity index (χ1v) is 4.37. The largest absolute Gasteiger partial charge is 0.393 e. The van der Waals surface area contributed by atoms with Crippen molar-refractivity contribution >= 4 is 0 Å². The first-order valence-electron chi connectivity index (χ1n) is 4.37. The molecular formula is C8H15NO3. The summed E-state index contributed by atoms with van der Waals surface area (Å²) >= 11 is 0. The summed E-state index contributed by atoms with van der Waals surface area (Å²) in [7, 11) is 1.89. The van der Waals surface area contributed by atoms with Crippen molar-refractivity contribution in [3.8, 4) is 0 Å². The Morgan fingerprint density at radius 2 is 1.42 bits per heavy atom. The van der Waals surface area contributed by atoms with Crippen LogP contribution in [0.5, 0.6) is 0 Å². The van der Waals surface area contributed by atoms with Crippen molar-refractivity contribution < 1.29 is 15.3 Å². The second kappa shape index (κ2) is 2.67. The van der Waals surface area contributed by atoms with Crippen LogP contribution in [-0.4, -0.2) is 57.7 Å². The van der Waals surface area contributed by atoms with Gasteiger partial charge in [-0.05, 0) is 19.9 Å². The number of piperidine rings is 1. The third-order valence-corrected chi connectivity index (χ3v) is 3.21. The highest BCUT2D eigenvalue weighted by molar-refractivity contribution is 5.04. The van der Waals surface area contributed by atoms with E-state index in [1.54, 1.807) is 0 Å². The molecule has 0 aromatic rings. The predicted octanol–water partition coefficient (Wildman–Crippen LogP) is -1.45. The smallest absolute Gasteiger partial charge is 0.0970 e. The average Bonchev–Trinajstić information content (AvgIpc) is 2.21. The molecule has 2 aliphatic rings. The summed E-state index contributed by atoms with van der Waals surface area (Å²) in [6.45, 7) is 0. The monoisotopic (exact) mass is 173 g/mol. The van der Waals surface area contributed by atoms with Crippen LogP contribution in [0, 0.1) is 0 Å². The van der Waals surface area contributed by atoms with Gasteiger partial charge < -0.3 is 15.3 Å². The van der Waals surface area contributed by atoms with Crippen molar-refractivity contribution in [3.63, 3.8) is 0 Å². The van der Waals surface area contributed by atoms with Crippen LogP contribution in [0.3, 0.4) is 0 Å². The number of hydrogen-bond donors (Lipinski definition) is 3. The molecule has 0 radical (unpaired) electrons. The van der Waals surface area contributed by atoms with Gasteiger partial charge in [0, 0.05) is 12.1 Å². The molecule has 3 N–H and O–H groups in total. The predicted molar refractivity (Wildman–Crippen MR) is 42.6 cm³/mol. The highest BCUT2D eigenvalue weighted by atomic mass is 16.3. The maximum absolute atomic E-state index is 9.55. The fourth-order valence-electron chi connectivity index (χ4n) is 2.45. The number of nitrogens with zero attached hydrogens (tertiary/aromatic N) is 1. The quantitative estimate of drug-likeness (QED) is 0.419. The third kappa shape index (κ3) is 0.992. The fourth-order valence-corrected chi connectivity index (χ4v) is 2.45. The highest BCUT2D eigenvalue weighted by Crippen LogP contribution is 2.34. The minimum absolute atomic E-state index is 0.0613. The number of rotatable bonds is 0. The van der Waals surface area contributed by atoms with E-state index in [2.05, 4.69) is 0 Å². The molecule has 70 valence electrons. The zero-order valence-corrected chi connectivity index (χ0v) is 7.09. The zero-order chi connectivity index (χ0) is 8.88. The molecule has 0 aromatic heterocycles. The highest BCUT2D eigenvalue weighted by Gasteiger charge is 2.49. The van der Waals surface area contributed by atoms with Crippen LogP contribution >= 0.6 is 0 Å². The summed E-state index contributed by atoms with van der Waals surface area (Å²) in [5.74, 6) is 0. The Bertz CT molecular complexity index is 161. The SMILES string of the molecule is CN1[C@@H]2CC(O)C[C@H]1[C@H](O)[C@H]2O. The number of hydrogen-bond acceptors (Lipinski definition) is 4. The Morgan fingerprint density at radius 1 is 1.00 bits per heavy atom. The summed E-state index contributed by atoms with van der Waals surface area (Å²) in [5, 5.41) is 28.5. The van der Waals surface area contributed by atoms with E-state index in [0.29, 0.717) is 12.8 Å². The molecule has 2 aliphatic heterocycles. The van der Waals surface area contributed by atoms with Crippen LogP contribution < -0.4 is 0 Å². The van der Waals surface area contributed by atoms with Gasteiger partial charge in [-0.3, -0.25) is 4.90 Å². The molecule has 0 amide bonds. The molecule has 4 nitrogen and oxygen atoms in total. The normalized spacial score (nSPS) is 54.5. The van der Waals surface area contributed by atoms with Gasteiger partial charge in [-0.15, -0.1) is 0 Å². The number of aliphatic hydroxyl groups is 3. The van der Waals surface area contributed by atoms with Crippen LogP contribution in [0.25, 0.3) is 0 Å². The van der Waals surface area contributed by atoms with Crippen LogP contribution in [0.1, 0.15) is 12.8 Å². The van der Waals surface area contributed by atoms with Gasteiger partial charge in [0.25, 0.3) is 0 Å². The molecule has 5 atom stereocenters. The lowest BCUT2D eigenvalue weighted by atomic mass is 10.0. The number of aliphatic hydroxyl groups excluding tert-OH is 3. The van der Waals surface area contributed by atoms with Crippen molar-refractivity contribution in [2.24, 2.45) is 0 Å². The number of fused-ring (bicyclic) bond motifs is 2. The fraction of sp³-hybridized carbons (Fsp3) is 1.00. The summed E-state index contributed by atoms with van der Waals surface area (Å²) in [4.78, 5) is 1.97. The maximum atomic E-state index is 9.55. The Labute approximate surface area is 71.4 Å². The molecule has 4 heteroatoms. The van der Waals surface area contributed by atoms with E-state index in [-0.39, 0.29) is 18.2 Å². The number of likely N-dealkylation sites (N-methyl/N-ethyl adjacent to an activating group) is 1. The molecular weight excluding hydrogens is 158 g/mol. The Kier molecular flexibility index (Phi) is 1.88. The molecule has 2 saturated heterocycles. The molecule has 0 saturated carbocycles. The van der Waals surface area contributed by atoms with Crippen LogP contribution in [0.4, 0.5) is 0 Å². The van der Waals surface area contributed by atoms with Crippen LogP contribution in [0.15, 0.2) is 0 Å². The lowest BCUT2D eigenvalue weighted by Crippen LogP contribution is -2.44. The second-order valence-corrected chi connectivity index (χ2v) is 3.91. The molecule has 0 aromatic carbocycles. The first kappa shape index (κ1) is 8.44. The molecule has 2 bridgehead atoms. The lowest BCUT2D eigenvalue weighted by molar-refractivity contribution is 0.0279. The second-order valence-electron chi connectivity index (χ2n) is 3.91. The summed E-state index contributed by atoms with van der Waals surface area (Å²) in [6, 6.07) is -0.123. The van der Waals surface area contributed by atoms with Gasteiger partial charge in [-0.1, -0.05) is 0 Å². The Morgan fingerprint density at radius 3 is 1.83 bits per heavy atom.